The molecule has 1 amide bonds. The molecule has 0 radical (unpaired) electrons. The second kappa shape index (κ2) is 20.1. The molecule has 4 aliphatic heterocycles. The van der Waals surface area contributed by atoms with Crippen LogP contribution in [0.15, 0.2) is 12.2 Å². The highest BCUT2D eigenvalue weighted by Gasteiger charge is 2.54. The largest absolute Gasteiger partial charge is 0.394 e. The number of piperidine rings is 1. The summed E-state index contributed by atoms with van der Waals surface area (Å²) < 4.78 is 50.0. The monoisotopic (exact) mass is 812 g/mol. The fourth-order valence-electron chi connectivity index (χ4n) is 7.55. The van der Waals surface area contributed by atoms with Gasteiger partial charge in [-0.25, -0.2) is 4.39 Å². The van der Waals surface area contributed by atoms with E-state index in [0.29, 0.717) is 32.5 Å². The van der Waals surface area contributed by atoms with Crippen molar-refractivity contribution in [3.8, 4) is 0 Å². The second-order valence-corrected chi connectivity index (χ2v) is 15.2. The van der Waals surface area contributed by atoms with Crippen LogP contribution < -0.4 is 44.6 Å². The highest BCUT2D eigenvalue weighted by atomic mass is 19.1. The van der Waals surface area contributed by atoms with Crippen molar-refractivity contribution >= 4 is 5.91 Å². The summed E-state index contributed by atoms with van der Waals surface area (Å²) in [5, 5.41) is 83.8. The van der Waals surface area contributed by atoms with Crippen LogP contribution in [0.5, 0.6) is 0 Å². The molecule has 1 aliphatic carbocycles. The molecule has 56 heavy (non-hydrogen) atoms. The summed E-state index contributed by atoms with van der Waals surface area (Å²) in [5.74, 6) is -1.18. The Hall–Kier alpha value is -1.66. The summed E-state index contributed by atoms with van der Waals surface area (Å²) in [4.78, 5) is 12.8. The lowest BCUT2D eigenvalue weighted by molar-refractivity contribution is -0.284. The number of carbonyl (C=O) groups is 1. The molecule has 0 aromatic heterocycles. The number of nitrogens with one attached hydrogen (secondary N) is 3. The number of rotatable bonds is 16. The van der Waals surface area contributed by atoms with Gasteiger partial charge in [-0.3, -0.25) is 4.79 Å². The maximum atomic E-state index is 14.1. The summed E-state index contributed by atoms with van der Waals surface area (Å²) in [6.07, 6.45) is -17.6. The lowest BCUT2D eigenvalue weighted by atomic mass is 9.83. The highest BCUT2D eigenvalue weighted by molar-refractivity contribution is 5.81. The zero-order chi connectivity index (χ0) is 40.9. The van der Waals surface area contributed by atoms with E-state index in [4.69, 9.17) is 57.1 Å². The molecule has 5 aliphatic rings. The van der Waals surface area contributed by atoms with Gasteiger partial charge in [0.1, 0.15) is 61.1 Å². The van der Waals surface area contributed by atoms with Crippen LogP contribution >= 0.6 is 0 Å². The molecule has 0 unspecified atom stereocenters. The van der Waals surface area contributed by atoms with Crippen LogP contribution in [0.1, 0.15) is 19.3 Å². The molecule has 0 bridgehead atoms. The molecular weight excluding hydrogens is 751 g/mol. The van der Waals surface area contributed by atoms with Crippen molar-refractivity contribution in [2.45, 2.75) is 141 Å². The predicted octanol–water partition coefficient (Wildman–Crippen LogP) is -8.50. The molecule has 4 fully saturated rings. The molecule has 5 rings (SSSR count). The lowest BCUT2D eigenvalue weighted by Crippen LogP contribution is -2.67. The number of aliphatic hydroxyl groups is 7. The molecular formula is C33H61FN8O14. The number of aliphatic hydroxyl groups excluding tert-OH is 6. The SMILES string of the molecule is NC[C@@H](F)[C@H](O)C(=O)N[C@@H]1C[C@H](N)[C@@H](O[C@H]2O[C@H](CNCC3(O)CCNCC3)C=C[C@H]2N)[C@H](O[C@@H]2O[C@H](CO)[C@@H](O[C@H]3O[C@@H](CN)[C@@H](O)[C@H](O)[C@H]3N)[C@H]2O)[C@H]1O. The molecule has 22 nitrogen and oxygen atoms in total. The van der Waals surface area contributed by atoms with Crippen molar-refractivity contribution in [1.29, 1.82) is 0 Å². The van der Waals surface area contributed by atoms with E-state index in [9.17, 15) is 44.9 Å². The lowest BCUT2D eigenvalue weighted by Gasteiger charge is -2.46. The van der Waals surface area contributed by atoms with E-state index in [2.05, 4.69) is 16.0 Å². The molecule has 0 aromatic rings. The van der Waals surface area contributed by atoms with Crippen molar-refractivity contribution in [3.05, 3.63) is 12.2 Å². The number of nitrogens with two attached hydrogens (primary N) is 5. The first kappa shape index (κ1) is 45.4. The fraction of sp³-hybridized carbons (Fsp3) is 0.909. The first-order valence-electron chi connectivity index (χ1n) is 19.0. The summed E-state index contributed by atoms with van der Waals surface area (Å²) in [6, 6.07) is -4.44. The summed E-state index contributed by atoms with van der Waals surface area (Å²) >= 11 is 0. The van der Waals surface area contributed by atoms with E-state index in [0.717, 1.165) is 0 Å². The Kier molecular flexibility index (Phi) is 16.3. The number of carbonyl (C=O) groups excluding carboxylic acids is 1. The number of hydrogen-bond acceptors (Lipinski definition) is 21. The molecule has 23 heteroatoms. The Bertz CT molecular complexity index is 1280. The van der Waals surface area contributed by atoms with Gasteiger partial charge in [-0.15, -0.1) is 0 Å². The van der Waals surface area contributed by atoms with Crippen molar-refractivity contribution in [1.82, 2.24) is 16.0 Å². The van der Waals surface area contributed by atoms with E-state index < -0.39 is 141 Å². The Balaban J connectivity index is 1.32. The molecule has 0 spiro atoms. The van der Waals surface area contributed by atoms with Gasteiger partial charge in [0.2, 0.25) is 0 Å². The highest BCUT2D eigenvalue weighted by Crippen LogP contribution is 2.34. The first-order chi connectivity index (χ1) is 26.6. The molecule has 20 N–H and O–H groups in total. The Morgan fingerprint density at radius 3 is 2.21 bits per heavy atom. The van der Waals surface area contributed by atoms with E-state index in [-0.39, 0.29) is 19.5 Å². The Labute approximate surface area is 323 Å². The Morgan fingerprint density at radius 2 is 1.55 bits per heavy atom. The third kappa shape index (κ3) is 10.6. The smallest absolute Gasteiger partial charge is 0.252 e. The molecule has 0 aromatic carbocycles. The van der Waals surface area contributed by atoms with Crippen molar-refractivity contribution < 1.29 is 73.4 Å². The number of halogens is 1. The van der Waals surface area contributed by atoms with Gasteiger partial charge in [-0.05, 0) is 32.4 Å². The quantitative estimate of drug-likeness (QED) is 0.0643. The van der Waals surface area contributed by atoms with E-state index in [1.165, 1.54) is 0 Å². The number of hydrogen-bond donors (Lipinski definition) is 15. The zero-order valence-corrected chi connectivity index (χ0v) is 30.9. The van der Waals surface area contributed by atoms with Gasteiger partial charge < -0.3 is 109 Å². The van der Waals surface area contributed by atoms with Crippen molar-refractivity contribution in [2.24, 2.45) is 28.7 Å². The maximum Gasteiger partial charge on any atom is 0.252 e. The van der Waals surface area contributed by atoms with E-state index in [1.807, 2.05) is 0 Å². The second-order valence-electron chi connectivity index (χ2n) is 15.2. The van der Waals surface area contributed by atoms with Crippen LogP contribution in [0.2, 0.25) is 0 Å². The zero-order valence-electron chi connectivity index (χ0n) is 30.9. The van der Waals surface area contributed by atoms with Crippen LogP contribution in [0.3, 0.4) is 0 Å². The van der Waals surface area contributed by atoms with Crippen molar-refractivity contribution in [3.63, 3.8) is 0 Å². The summed E-state index contributed by atoms with van der Waals surface area (Å²) in [6.45, 7) is 0.423. The van der Waals surface area contributed by atoms with Crippen LogP contribution in [0.4, 0.5) is 4.39 Å². The topological polar surface area (TPSA) is 380 Å². The van der Waals surface area contributed by atoms with Gasteiger partial charge in [0.15, 0.2) is 25.0 Å². The molecule has 3 saturated heterocycles. The third-order valence-electron chi connectivity index (χ3n) is 11.0. The minimum atomic E-state index is -2.16. The number of ether oxygens (including phenoxy) is 6. The average Bonchev–Trinajstić information content (AvgIpc) is 3.48. The molecule has 19 atom stereocenters. The van der Waals surface area contributed by atoms with E-state index in [1.54, 1.807) is 12.2 Å². The molecule has 1 saturated carbocycles. The normalized spacial score (nSPS) is 44.0. The van der Waals surface area contributed by atoms with Crippen LogP contribution in [0, 0.1) is 0 Å². The van der Waals surface area contributed by atoms with Gasteiger partial charge in [-0.1, -0.05) is 12.2 Å². The summed E-state index contributed by atoms with van der Waals surface area (Å²) in [5.41, 5.74) is 29.0. The van der Waals surface area contributed by atoms with Gasteiger partial charge >= 0.3 is 0 Å². The van der Waals surface area contributed by atoms with Gasteiger partial charge in [-0.2, -0.15) is 0 Å². The average molecular weight is 813 g/mol. The van der Waals surface area contributed by atoms with Crippen LogP contribution in [-0.4, -0.2) is 209 Å². The predicted molar refractivity (Wildman–Crippen MR) is 190 cm³/mol. The molecule has 324 valence electrons. The van der Waals surface area contributed by atoms with Crippen LogP contribution in [0.25, 0.3) is 0 Å². The first-order valence-corrected chi connectivity index (χ1v) is 19.0. The van der Waals surface area contributed by atoms with E-state index >= 15 is 0 Å². The fourth-order valence-corrected chi connectivity index (χ4v) is 7.55. The standard InChI is InChI=1S/C33H61FN8O14/c34-14(8-35)21(44)29(49)42-17-7-16(38)26(54-30-15(37)2-1-13(51-30)10-41-12-33(50)3-5-40-6-4-33)28(22(17)45)56-32-25(48)27(19(11-43)53-32)55-31-20(39)24(47)23(46)18(9-36)52-31/h1-2,13-28,30-32,40-41,43-48,50H,3-12,35-39H2,(H,42,49)/t13-,14+,15+,16-,17+,18-,19+,20+,21-,22-,23+,24+,25+,26+,27+,28+,30+,31+,32-/m0/s1. The van der Waals surface area contributed by atoms with Crippen molar-refractivity contribution in [2.75, 3.05) is 45.9 Å². The third-order valence-corrected chi connectivity index (χ3v) is 11.0. The number of amides is 1. The molecule has 4 heterocycles. The van der Waals surface area contributed by atoms with Gasteiger partial charge in [0, 0.05) is 32.2 Å². The minimum Gasteiger partial charge on any atom is -0.394 e. The Morgan fingerprint density at radius 1 is 0.893 bits per heavy atom. The summed E-state index contributed by atoms with van der Waals surface area (Å²) in [7, 11) is 0. The van der Waals surface area contributed by atoms with Gasteiger partial charge in [0.05, 0.1) is 36.4 Å². The maximum absolute atomic E-state index is 14.1. The number of alkyl halides is 1. The van der Waals surface area contributed by atoms with Gasteiger partial charge in [0.25, 0.3) is 5.91 Å². The van der Waals surface area contributed by atoms with Crippen LogP contribution in [-0.2, 0) is 33.2 Å². The minimum absolute atomic E-state index is 0.174.